The maximum absolute atomic E-state index is 12.4. The minimum Gasteiger partial charge on any atom is -0.512 e. The van der Waals surface area contributed by atoms with E-state index in [1.807, 2.05) is 20.8 Å². The van der Waals surface area contributed by atoms with Gasteiger partial charge in [-0.3, -0.25) is 4.79 Å². The van der Waals surface area contributed by atoms with Crippen LogP contribution in [0.1, 0.15) is 59.8 Å². The molecule has 5 nitrogen and oxygen atoms in total. The highest BCUT2D eigenvalue weighted by molar-refractivity contribution is 7.95. The van der Waals surface area contributed by atoms with Gasteiger partial charge in [0.2, 0.25) is 0 Å². The predicted octanol–water partition coefficient (Wildman–Crippen LogP) is 4.43. The van der Waals surface area contributed by atoms with Crippen molar-refractivity contribution in [3.05, 3.63) is 11.3 Å². The van der Waals surface area contributed by atoms with Crippen LogP contribution in [0.25, 0.3) is 0 Å². The van der Waals surface area contributed by atoms with Crippen LogP contribution in [0.15, 0.2) is 16.5 Å². The van der Waals surface area contributed by atoms with Crippen LogP contribution in [-0.2, 0) is 13.8 Å². The van der Waals surface area contributed by atoms with Gasteiger partial charge in [0, 0.05) is 30.1 Å². The van der Waals surface area contributed by atoms with Gasteiger partial charge in [0.1, 0.15) is 6.61 Å². The molecule has 1 aliphatic carbocycles. The minimum atomic E-state index is 0.0324. The molecule has 23 heavy (non-hydrogen) atoms. The third-order valence-corrected chi connectivity index (χ3v) is 4.66. The van der Waals surface area contributed by atoms with Crippen molar-refractivity contribution in [3.63, 3.8) is 0 Å². The second-order valence-electron chi connectivity index (χ2n) is 5.78. The quantitative estimate of drug-likeness (QED) is 0.361. The van der Waals surface area contributed by atoms with Gasteiger partial charge in [-0.25, -0.2) is 0 Å². The molecule has 0 amide bonds. The number of Topliss-reactive ketones (excluding diaryl/α,β-unsaturated/α-hetero) is 1. The minimum absolute atomic E-state index is 0.0324. The molecular formula is C17H29NO4S. The van der Waals surface area contributed by atoms with Crippen molar-refractivity contribution in [2.24, 2.45) is 11.1 Å². The molecule has 2 unspecified atom stereocenters. The van der Waals surface area contributed by atoms with E-state index in [0.717, 1.165) is 12.1 Å². The van der Waals surface area contributed by atoms with E-state index in [0.29, 0.717) is 49.7 Å². The Kier molecular flexibility index (Phi) is 9.33. The van der Waals surface area contributed by atoms with Crippen LogP contribution in [0.3, 0.4) is 0 Å². The summed E-state index contributed by atoms with van der Waals surface area (Å²) >= 11 is 1.45. The normalized spacial score (nSPS) is 20.8. The van der Waals surface area contributed by atoms with E-state index in [1.165, 1.54) is 12.0 Å². The van der Waals surface area contributed by atoms with Crippen molar-refractivity contribution >= 4 is 23.5 Å². The zero-order valence-corrected chi connectivity index (χ0v) is 15.4. The third-order valence-electron chi connectivity index (χ3n) is 3.77. The van der Waals surface area contributed by atoms with E-state index in [1.54, 1.807) is 0 Å². The molecule has 0 aliphatic heterocycles. The van der Waals surface area contributed by atoms with E-state index in [-0.39, 0.29) is 17.5 Å². The van der Waals surface area contributed by atoms with Gasteiger partial charge in [-0.05, 0) is 44.6 Å². The van der Waals surface area contributed by atoms with Crippen LogP contribution >= 0.6 is 12.0 Å². The summed E-state index contributed by atoms with van der Waals surface area (Å²) < 4.78 is 5.34. The first-order chi connectivity index (χ1) is 11.0. The summed E-state index contributed by atoms with van der Waals surface area (Å²) in [5.74, 6) is 0.436. The second kappa shape index (κ2) is 10.7. The number of hydrogen-bond acceptors (Lipinski definition) is 6. The molecule has 1 N–H and O–H groups in total. The summed E-state index contributed by atoms with van der Waals surface area (Å²) in [7, 11) is 0. The van der Waals surface area contributed by atoms with Gasteiger partial charge in [-0.15, -0.1) is 0 Å². The number of rotatable bonds is 10. The van der Waals surface area contributed by atoms with Crippen molar-refractivity contribution in [1.29, 1.82) is 0 Å². The standard InChI is InChI=1S/C17H29NO4S/c1-5-14(18-21-6-2)11-15-16(19)9-13(10-17(15)20)8-12(4)23-22-7-3/h12-13,19H,5-11H2,1-4H3. The average Bonchev–Trinajstić information content (AvgIpc) is 2.51. The van der Waals surface area contributed by atoms with Crippen molar-refractivity contribution in [1.82, 2.24) is 0 Å². The number of carbonyl (C=O) groups is 1. The highest BCUT2D eigenvalue weighted by Gasteiger charge is 2.29. The van der Waals surface area contributed by atoms with Crippen molar-refractivity contribution in [2.75, 3.05) is 13.2 Å². The van der Waals surface area contributed by atoms with Gasteiger partial charge in [-0.1, -0.05) is 19.0 Å². The maximum Gasteiger partial charge on any atom is 0.162 e. The fraction of sp³-hybridized carbons (Fsp3) is 0.765. The number of carbonyl (C=O) groups excluding carboxylic acids is 1. The highest BCUT2D eigenvalue weighted by atomic mass is 32.2. The van der Waals surface area contributed by atoms with Crippen LogP contribution in [0.4, 0.5) is 0 Å². The molecular weight excluding hydrogens is 314 g/mol. The number of ketones is 1. The predicted molar refractivity (Wildman–Crippen MR) is 94.7 cm³/mol. The Morgan fingerprint density at radius 3 is 2.65 bits per heavy atom. The lowest BCUT2D eigenvalue weighted by Gasteiger charge is -2.25. The van der Waals surface area contributed by atoms with Gasteiger partial charge in [0.05, 0.1) is 18.1 Å². The molecule has 0 aromatic rings. The molecule has 0 radical (unpaired) electrons. The smallest absolute Gasteiger partial charge is 0.162 e. The molecule has 1 rings (SSSR count). The molecule has 0 aromatic heterocycles. The van der Waals surface area contributed by atoms with Crippen LogP contribution in [0, 0.1) is 5.92 Å². The molecule has 0 bridgehead atoms. The SMILES string of the molecule is CCON=C(CC)CC1=C(O)CC(CC(C)SOCC)CC1=O. The lowest BCUT2D eigenvalue weighted by molar-refractivity contribution is -0.117. The fourth-order valence-corrected chi connectivity index (χ4v) is 3.38. The van der Waals surface area contributed by atoms with Crippen molar-refractivity contribution in [2.45, 2.75) is 65.0 Å². The molecule has 0 saturated carbocycles. The summed E-state index contributed by atoms with van der Waals surface area (Å²) in [6.07, 6.45) is 3.00. The summed E-state index contributed by atoms with van der Waals surface area (Å²) in [6, 6.07) is 0. The molecule has 0 saturated heterocycles. The summed E-state index contributed by atoms with van der Waals surface area (Å²) in [4.78, 5) is 17.4. The number of allylic oxidation sites excluding steroid dienone is 2. The van der Waals surface area contributed by atoms with Gasteiger partial charge in [-0.2, -0.15) is 0 Å². The first kappa shape index (κ1) is 20.0. The monoisotopic (exact) mass is 343 g/mol. The molecule has 0 spiro atoms. The van der Waals surface area contributed by atoms with E-state index < -0.39 is 0 Å². The molecule has 6 heteroatoms. The highest BCUT2D eigenvalue weighted by Crippen LogP contribution is 2.33. The summed E-state index contributed by atoms with van der Waals surface area (Å²) in [5, 5.41) is 14.6. The number of hydrogen-bond donors (Lipinski definition) is 1. The Hall–Kier alpha value is -1.01. The fourth-order valence-electron chi connectivity index (χ4n) is 2.66. The number of aliphatic hydroxyl groups excluding tert-OH is 1. The number of aliphatic hydroxyl groups is 1. The van der Waals surface area contributed by atoms with E-state index in [4.69, 9.17) is 9.02 Å². The summed E-state index contributed by atoms with van der Waals surface area (Å²) in [5.41, 5.74) is 1.30. The topological polar surface area (TPSA) is 68.1 Å². The van der Waals surface area contributed by atoms with Crippen LogP contribution in [0.5, 0.6) is 0 Å². The Labute approximate surface area is 143 Å². The van der Waals surface area contributed by atoms with Crippen LogP contribution in [-0.4, -0.2) is 35.1 Å². The molecule has 0 heterocycles. The first-order valence-corrected chi connectivity index (χ1v) is 9.22. The number of oxime groups is 1. The van der Waals surface area contributed by atoms with E-state index in [2.05, 4.69) is 12.1 Å². The van der Waals surface area contributed by atoms with Gasteiger partial charge >= 0.3 is 0 Å². The molecule has 1 aliphatic rings. The third kappa shape index (κ3) is 6.96. The second-order valence-corrected chi connectivity index (χ2v) is 7.01. The molecule has 0 fully saturated rings. The van der Waals surface area contributed by atoms with Gasteiger partial charge in [0.25, 0.3) is 0 Å². The van der Waals surface area contributed by atoms with Crippen molar-refractivity contribution < 1.29 is 18.9 Å². The maximum atomic E-state index is 12.4. The largest absolute Gasteiger partial charge is 0.512 e. The molecule has 132 valence electrons. The van der Waals surface area contributed by atoms with Gasteiger partial charge in [0.15, 0.2) is 5.78 Å². The van der Waals surface area contributed by atoms with E-state index >= 15 is 0 Å². The number of nitrogens with zero attached hydrogens (tertiary/aromatic N) is 1. The van der Waals surface area contributed by atoms with Crippen LogP contribution < -0.4 is 0 Å². The summed E-state index contributed by atoms with van der Waals surface area (Å²) in [6.45, 7) is 9.06. The average molecular weight is 343 g/mol. The zero-order chi connectivity index (χ0) is 17.2. The Bertz CT molecular complexity index is 448. The zero-order valence-electron chi connectivity index (χ0n) is 14.6. The van der Waals surface area contributed by atoms with Gasteiger partial charge < -0.3 is 14.1 Å². The Balaban J connectivity index is 2.66. The van der Waals surface area contributed by atoms with Crippen LogP contribution in [0.2, 0.25) is 0 Å². The lowest BCUT2D eigenvalue weighted by Crippen LogP contribution is -2.23. The molecule has 2 atom stereocenters. The van der Waals surface area contributed by atoms with Crippen molar-refractivity contribution in [3.8, 4) is 0 Å². The Morgan fingerprint density at radius 2 is 2.09 bits per heavy atom. The first-order valence-electron chi connectivity index (χ1n) is 8.41. The Morgan fingerprint density at radius 1 is 1.35 bits per heavy atom. The lowest BCUT2D eigenvalue weighted by atomic mass is 9.82. The van der Waals surface area contributed by atoms with E-state index in [9.17, 15) is 9.90 Å². The molecule has 0 aromatic carbocycles.